The zero-order chi connectivity index (χ0) is 30.5. The minimum atomic E-state index is -0.624. The van der Waals surface area contributed by atoms with Crippen LogP contribution in [0.2, 0.25) is 0 Å². The highest BCUT2D eigenvalue weighted by atomic mass is 32.1. The van der Waals surface area contributed by atoms with Crippen LogP contribution in [0.5, 0.6) is 0 Å². The van der Waals surface area contributed by atoms with Crippen molar-refractivity contribution in [3.63, 3.8) is 0 Å². The predicted octanol–water partition coefficient (Wildman–Crippen LogP) is 6.27. The predicted molar refractivity (Wildman–Crippen MR) is 168 cm³/mol. The van der Waals surface area contributed by atoms with Gasteiger partial charge in [0.25, 0.3) is 11.8 Å². The molecular formula is C34H30N4O5S. The van der Waals surface area contributed by atoms with E-state index in [4.69, 9.17) is 4.74 Å². The number of aromatic nitrogens is 1. The molecule has 0 radical (unpaired) electrons. The average molecular weight is 607 g/mol. The van der Waals surface area contributed by atoms with Crippen LogP contribution >= 0.6 is 11.3 Å². The number of benzene rings is 2. The Kier molecular flexibility index (Phi) is 5.59. The zero-order valence-corrected chi connectivity index (χ0v) is 25.3. The van der Waals surface area contributed by atoms with Crippen LogP contribution < -0.4 is 10.2 Å². The number of carbonyl (C=O) groups excluding carboxylic acids is 4. The van der Waals surface area contributed by atoms with Crippen molar-refractivity contribution < 1.29 is 23.9 Å². The van der Waals surface area contributed by atoms with E-state index < -0.39 is 11.7 Å². The number of rotatable bonds is 3. The molecule has 2 aliphatic carbocycles. The van der Waals surface area contributed by atoms with Gasteiger partial charge in [0.05, 0.1) is 10.6 Å². The molecule has 4 aliphatic rings. The number of ether oxygens (including phenoxy) is 1. The number of thiophene rings is 1. The lowest BCUT2D eigenvalue weighted by atomic mass is 9.81. The van der Waals surface area contributed by atoms with Gasteiger partial charge < -0.3 is 19.5 Å². The first-order chi connectivity index (χ1) is 21.0. The first kappa shape index (κ1) is 26.9. The molecule has 2 aromatic carbocycles. The number of carbonyl (C=O) groups is 4. The van der Waals surface area contributed by atoms with Gasteiger partial charge in [-0.15, -0.1) is 11.3 Å². The third-order valence-electron chi connectivity index (χ3n) is 9.14. The molecule has 10 heteroatoms. The van der Waals surface area contributed by atoms with Crippen molar-refractivity contribution in [1.29, 1.82) is 0 Å². The van der Waals surface area contributed by atoms with Gasteiger partial charge in [0, 0.05) is 57.8 Å². The Labute approximate surface area is 257 Å². The summed E-state index contributed by atoms with van der Waals surface area (Å²) in [6, 6.07) is 15.1. The van der Waals surface area contributed by atoms with Gasteiger partial charge in [0.1, 0.15) is 11.3 Å². The summed E-state index contributed by atoms with van der Waals surface area (Å²) in [4.78, 5) is 59.9. The summed E-state index contributed by atoms with van der Waals surface area (Å²) in [5.74, 6) is -0.0241. The summed E-state index contributed by atoms with van der Waals surface area (Å²) >= 11 is 1.27. The van der Waals surface area contributed by atoms with Gasteiger partial charge in [-0.05, 0) is 74.9 Å². The highest BCUT2D eigenvalue weighted by Crippen LogP contribution is 2.66. The van der Waals surface area contributed by atoms with Crippen molar-refractivity contribution in [3.05, 3.63) is 92.9 Å². The van der Waals surface area contributed by atoms with Crippen LogP contribution in [-0.2, 0) is 16.6 Å². The molecule has 1 spiro atoms. The average Bonchev–Trinajstić information content (AvgIpc) is 3.47. The second kappa shape index (κ2) is 9.15. The molecule has 2 N–H and O–H groups in total. The number of nitrogens with zero attached hydrogens (tertiary/aromatic N) is 2. The number of amides is 3. The summed E-state index contributed by atoms with van der Waals surface area (Å²) in [5.41, 5.74) is 5.37. The largest absolute Gasteiger partial charge is 0.444 e. The second-order valence-corrected chi connectivity index (χ2v) is 13.9. The Balaban J connectivity index is 1.04. The molecule has 2 atom stereocenters. The molecule has 4 aromatic rings. The molecule has 2 aliphatic heterocycles. The molecule has 2 aromatic heterocycles. The van der Waals surface area contributed by atoms with Crippen molar-refractivity contribution in [2.24, 2.45) is 5.92 Å². The third kappa shape index (κ3) is 3.97. The summed E-state index contributed by atoms with van der Waals surface area (Å²) in [7, 11) is 0. The number of ketones is 1. The molecule has 8 rings (SSSR count). The molecule has 44 heavy (non-hydrogen) atoms. The Hall–Kier alpha value is -4.70. The quantitative estimate of drug-likeness (QED) is 0.285. The Morgan fingerprint density at radius 2 is 1.89 bits per heavy atom. The molecular weight excluding hydrogens is 576 g/mol. The molecule has 2 fully saturated rings. The second-order valence-electron chi connectivity index (χ2n) is 13.0. The van der Waals surface area contributed by atoms with Gasteiger partial charge in [-0.25, -0.2) is 4.79 Å². The fraction of sp³-hybridized carbons (Fsp3) is 0.294. The van der Waals surface area contributed by atoms with E-state index in [1.807, 2.05) is 42.5 Å². The summed E-state index contributed by atoms with van der Waals surface area (Å²) in [6.07, 6.45) is 2.71. The van der Waals surface area contributed by atoms with Crippen molar-refractivity contribution in [3.8, 4) is 0 Å². The molecule has 9 nitrogen and oxygen atoms in total. The number of piperidine rings is 1. The van der Waals surface area contributed by atoms with Crippen LogP contribution in [0.25, 0.3) is 10.9 Å². The van der Waals surface area contributed by atoms with E-state index >= 15 is 0 Å². The number of likely N-dealkylation sites (tertiary alicyclic amines) is 1. The number of nitrogens with one attached hydrogen (secondary N) is 2. The maximum Gasteiger partial charge on any atom is 0.412 e. The minimum Gasteiger partial charge on any atom is -0.444 e. The van der Waals surface area contributed by atoms with Crippen LogP contribution in [0.3, 0.4) is 0 Å². The lowest BCUT2D eigenvalue weighted by Crippen LogP contribution is -2.33. The van der Waals surface area contributed by atoms with Gasteiger partial charge in [-0.1, -0.05) is 24.3 Å². The van der Waals surface area contributed by atoms with E-state index in [1.165, 1.54) is 11.3 Å². The maximum absolute atomic E-state index is 13.9. The number of hydrogen-bond donors (Lipinski definition) is 2. The lowest BCUT2D eigenvalue weighted by molar-refractivity contribution is 0.0635. The van der Waals surface area contributed by atoms with Crippen molar-refractivity contribution in [2.45, 2.75) is 44.6 Å². The van der Waals surface area contributed by atoms with Crippen molar-refractivity contribution in [1.82, 2.24) is 9.88 Å². The summed E-state index contributed by atoms with van der Waals surface area (Å²) in [6.45, 7) is 6.48. The monoisotopic (exact) mass is 606 g/mol. The van der Waals surface area contributed by atoms with E-state index in [-0.39, 0.29) is 23.0 Å². The normalized spacial score (nSPS) is 21.4. The summed E-state index contributed by atoms with van der Waals surface area (Å²) < 4.78 is 5.31. The Morgan fingerprint density at radius 1 is 1.07 bits per heavy atom. The molecule has 0 bridgehead atoms. The van der Waals surface area contributed by atoms with Crippen LogP contribution in [0, 0.1) is 5.92 Å². The smallest absolute Gasteiger partial charge is 0.412 e. The molecule has 3 amide bonds. The van der Waals surface area contributed by atoms with E-state index in [0.29, 0.717) is 41.7 Å². The van der Waals surface area contributed by atoms with Gasteiger partial charge >= 0.3 is 6.09 Å². The van der Waals surface area contributed by atoms with E-state index in [1.54, 1.807) is 48.1 Å². The zero-order valence-electron chi connectivity index (χ0n) is 24.5. The highest BCUT2D eigenvalue weighted by molar-refractivity contribution is 7.12. The van der Waals surface area contributed by atoms with Gasteiger partial charge in [-0.3, -0.25) is 19.7 Å². The van der Waals surface area contributed by atoms with Crippen LogP contribution in [0.1, 0.15) is 68.8 Å². The maximum atomic E-state index is 13.9. The van der Waals surface area contributed by atoms with Gasteiger partial charge in [-0.2, -0.15) is 0 Å². The Morgan fingerprint density at radius 3 is 2.70 bits per heavy atom. The number of H-pyrrole nitrogens is 1. The number of aromatic amines is 1. The SMILES string of the molecule is CC(C)(C)OC(=O)Nc1csc(C(=O)N2CCc3c2ccc2[nH]c(C(=O)N4CC5CC56C4=CC(=O)c4ccccc46)cc32)c1. The molecule has 222 valence electrons. The highest BCUT2D eigenvalue weighted by Gasteiger charge is 2.67. The van der Waals surface area contributed by atoms with Gasteiger partial charge in [0.2, 0.25) is 0 Å². The standard InChI is InChI=1S/C34H30N4O5S/c1-33(2,3)43-32(42)35-19-12-28(44-17-19)31(41)37-11-10-20-22-13-25(36-24(22)8-9-26(20)37)30(40)38-16-18-15-34(18)23-7-5-4-6-21(23)27(39)14-29(34)38/h4-9,12-14,17-18,36H,10-11,15-16H2,1-3H3,(H,35,42). The molecule has 1 saturated heterocycles. The van der Waals surface area contributed by atoms with Gasteiger partial charge in [0.15, 0.2) is 5.78 Å². The topological polar surface area (TPSA) is 112 Å². The number of allylic oxidation sites excluding steroid dienone is 2. The number of fused-ring (bicyclic) bond motifs is 4. The number of hydrogen-bond acceptors (Lipinski definition) is 6. The lowest BCUT2D eigenvalue weighted by Gasteiger charge is -2.29. The molecule has 4 heterocycles. The molecule has 2 unspecified atom stereocenters. The van der Waals surface area contributed by atoms with Crippen LogP contribution in [-0.4, -0.2) is 52.3 Å². The van der Waals surface area contributed by atoms with E-state index in [0.717, 1.165) is 45.4 Å². The van der Waals surface area contributed by atoms with Crippen molar-refractivity contribution in [2.75, 3.05) is 23.3 Å². The van der Waals surface area contributed by atoms with E-state index in [2.05, 4.69) is 10.3 Å². The first-order valence-electron chi connectivity index (χ1n) is 14.8. The van der Waals surface area contributed by atoms with E-state index in [9.17, 15) is 19.2 Å². The van der Waals surface area contributed by atoms with Crippen molar-refractivity contribution >= 4 is 57.3 Å². The Bertz CT molecular complexity index is 1980. The fourth-order valence-corrected chi connectivity index (χ4v) is 8.02. The first-order valence-corrected chi connectivity index (χ1v) is 15.6. The molecule has 1 saturated carbocycles. The van der Waals surface area contributed by atoms with Crippen LogP contribution in [0.15, 0.2) is 65.7 Å². The van der Waals surface area contributed by atoms with Crippen LogP contribution in [0.4, 0.5) is 16.2 Å². The fourth-order valence-electron chi connectivity index (χ4n) is 7.23. The summed E-state index contributed by atoms with van der Waals surface area (Å²) in [5, 5.41) is 5.33. The third-order valence-corrected chi connectivity index (χ3v) is 10.1. The minimum absolute atomic E-state index is 0.0516. The number of anilines is 2.